The lowest BCUT2D eigenvalue weighted by molar-refractivity contribution is -0.126. The number of nitrogens with one attached hydrogen (secondary N) is 2. The van der Waals surface area contributed by atoms with Crippen molar-refractivity contribution in [1.29, 1.82) is 0 Å². The topological polar surface area (TPSA) is 48.1 Å². The minimum atomic E-state index is -0.281. The number of nitrogens with zero attached hydrogens (tertiary/aromatic N) is 1. The molecule has 0 bridgehead atoms. The van der Waals surface area contributed by atoms with Crippen LogP contribution in [-0.4, -0.2) is 34.0 Å². The highest BCUT2D eigenvalue weighted by molar-refractivity contribution is 7.80. The van der Waals surface area contributed by atoms with Crippen molar-refractivity contribution in [2.24, 2.45) is 0 Å². The summed E-state index contributed by atoms with van der Waals surface area (Å²) in [6.45, 7) is 2.05. The number of likely N-dealkylation sites (N-methyl/N-ethyl adjacent to an activating group) is 1. The Bertz CT molecular complexity index is 664. The van der Waals surface area contributed by atoms with Gasteiger partial charge in [0.1, 0.15) is 6.04 Å². The summed E-state index contributed by atoms with van der Waals surface area (Å²) in [5.74, 6) is 0.0920. The number of fused-ring (bicyclic) bond motifs is 1. The lowest BCUT2D eigenvalue weighted by Gasteiger charge is -2.17. The predicted molar refractivity (Wildman–Crippen MR) is 79.0 cm³/mol. The number of carbonyl (C=O) groups is 1. The van der Waals surface area contributed by atoms with Crippen molar-refractivity contribution < 1.29 is 4.79 Å². The number of rotatable bonds is 2. The second-order valence-corrected chi connectivity index (χ2v) is 5.29. The van der Waals surface area contributed by atoms with E-state index < -0.39 is 0 Å². The van der Waals surface area contributed by atoms with Crippen molar-refractivity contribution in [2.45, 2.75) is 18.9 Å². The Hall–Kier alpha value is -1.88. The molecule has 2 atom stereocenters. The third-order valence-electron chi connectivity index (χ3n) is 3.79. The van der Waals surface area contributed by atoms with Crippen molar-refractivity contribution in [3.63, 3.8) is 0 Å². The zero-order chi connectivity index (χ0) is 13.6. The third kappa shape index (κ3) is 1.81. The molecule has 2 unspecified atom stereocenters. The average Bonchev–Trinajstić information content (AvgIpc) is 2.95. The Morgan fingerprint density at radius 1 is 1.37 bits per heavy atom. The van der Waals surface area contributed by atoms with Crippen LogP contribution in [0.1, 0.15) is 18.4 Å². The highest BCUT2D eigenvalue weighted by atomic mass is 32.1. The van der Waals surface area contributed by atoms with Crippen LogP contribution in [0.4, 0.5) is 0 Å². The summed E-state index contributed by atoms with van der Waals surface area (Å²) in [5, 5.41) is 4.76. The number of para-hydroxylation sites is 1. The van der Waals surface area contributed by atoms with Gasteiger partial charge in [-0.1, -0.05) is 25.1 Å². The number of thiocarbonyl (C=S) groups is 1. The first kappa shape index (κ1) is 12.2. The molecule has 2 N–H and O–H groups in total. The SMILES string of the molecule is CC(c1c[nH]c2ccccc12)C1NC(=S)N(C)C1=O. The molecule has 1 aromatic heterocycles. The quantitative estimate of drug-likeness (QED) is 0.823. The second-order valence-electron chi connectivity index (χ2n) is 4.90. The summed E-state index contributed by atoms with van der Waals surface area (Å²) in [5.41, 5.74) is 2.23. The standard InChI is InChI=1S/C14H15N3OS/c1-8(12-13(18)17(2)14(19)16-12)10-7-15-11-6-4-3-5-9(10)11/h3-8,12,15H,1-2H3,(H,16,19). The number of carbonyl (C=O) groups excluding carboxylic acids is 1. The highest BCUT2D eigenvalue weighted by Crippen LogP contribution is 2.29. The minimum Gasteiger partial charge on any atom is -0.361 e. The lowest BCUT2D eigenvalue weighted by atomic mass is 9.93. The van der Waals surface area contributed by atoms with Crippen LogP contribution in [0.15, 0.2) is 30.5 Å². The average molecular weight is 273 g/mol. The van der Waals surface area contributed by atoms with Gasteiger partial charge in [-0.25, -0.2) is 0 Å². The van der Waals surface area contributed by atoms with Crippen LogP contribution in [-0.2, 0) is 4.79 Å². The summed E-state index contributed by atoms with van der Waals surface area (Å²) in [6.07, 6.45) is 1.98. The van der Waals surface area contributed by atoms with E-state index in [4.69, 9.17) is 12.2 Å². The number of hydrogen-bond donors (Lipinski definition) is 2. The minimum absolute atomic E-state index is 0.0304. The molecule has 3 rings (SSSR count). The van der Waals surface area contributed by atoms with Crippen LogP contribution in [0.5, 0.6) is 0 Å². The monoisotopic (exact) mass is 273 g/mol. The van der Waals surface area contributed by atoms with Crippen molar-refractivity contribution in [2.75, 3.05) is 7.05 Å². The Morgan fingerprint density at radius 2 is 2.11 bits per heavy atom. The Kier molecular flexibility index (Phi) is 2.78. The molecule has 1 aliphatic rings. The van der Waals surface area contributed by atoms with Gasteiger partial charge in [-0.2, -0.15) is 0 Å². The van der Waals surface area contributed by atoms with Crippen LogP contribution in [0, 0.1) is 0 Å². The molecule has 1 saturated heterocycles. The first-order chi connectivity index (χ1) is 9.09. The van der Waals surface area contributed by atoms with E-state index in [-0.39, 0.29) is 17.9 Å². The van der Waals surface area contributed by atoms with E-state index in [9.17, 15) is 4.79 Å². The normalized spacial score (nSPS) is 20.9. The van der Waals surface area contributed by atoms with Crippen molar-refractivity contribution in [3.05, 3.63) is 36.0 Å². The van der Waals surface area contributed by atoms with Crippen molar-refractivity contribution in [3.8, 4) is 0 Å². The second kappa shape index (κ2) is 4.35. The van der Waals surface area contributed by atoms with Gasteiger partial charge in [-0.15, -0.1) is 0 Å². The van der Waals surface area contributed by atoms with Crippen LogP contribution < -0.4 is 5.32 Å². The molecule has 2 heterocycles. The Labute approximate surface area is 116 Å². The first-order valence-electron chi connectivity index (χ1n) is 6.23. The van der Waals surface area contributed by atoms with Gasteiger partial charge in [0.15, 0.2) is 5.11 Å². The van der Waals surface area contributed by atoms with Crippen LogP contribution in [0.3, 0.4) is 0 Å². The van der Waals surface area contributed by atoms with Gasteiger partial charge in [0.2, 0.25) is 0 Å². The fourth-order valence-corrected chi connectivity index (χ4v) is 2.81. The zero-order valence-electron chi connectivity index (χ0n) is 10.8. The maximum absolute atomic E-state index is 12.2. The fourth-order valence-electron chi connectivity index (χ4n) is 2.59. The van der Waals surface area contributed by atoms with E-state index in [1.54, 1.807) is 7.05 Å². The molecule has 0 radical (unpaired) electrons. The maximum Gasteiger partial charge on any atom is 0.251 e. The van der Waals surface area contributed by atoms with Crippen LogP contribution in [0.2, 0.25) is 0 Å². The summed E-state index contributed by atoms with van der Waals surface area (Å²) in [4.78, 5) is 16.9. The van der Waals surface area contributed by atoms with Crippen molar-refractivity contribution in [1.82, 2.24) is 15.2 Å². The van der Waals surface area contributed by atoms with E-state index in [0.29, 0.717) is 5.11 Å². The van der Waals surface area contributed by atoms with Crippen molar-refractivity contribution >= 4 is 34.1 Å². The Balaban J connectivity index is 1.99. The van der Waals surface area contributed by atoms with E-state index in [1.165, 1.54) is 4.90 Å². The van der Waals surface area contributed by atoms with Gasteiger partial charge in [0, 0.05) is 30.1 Å². The molecule has 2 aromatic rings. The molecule has 0 aliphatic carbocycles. The van der Waals surface area contributed by atoms with Gasteiger partial charge >= 0.3 is 0 Å². The molecule has 5 heteroatoms. The zero-order valence-corrected chi connectivity index (χ0v) is 11.6. The first-order valence-corrected chi connectivity index (χ1v) is 6.64. The van der Waals surface area contributed by atoms with E-state index in [1.807, 2.05) is 31.3 Å². The summed E-state index contributed by atoms with van der Waals surface area (Å²) in [7, 11) is 1.71. The van der Waals surface area contributed by atoms with Crippen LogP contribution >= 0.6 is 12.2 Å². The largest absolute Gasteiger partial charge is 0.361 e. The molecular weight excluding hydrogens is 258 g/mol. The number of benzene rings is 1. The number of aromatic amines is 1. The molecule has 0 spiro atoms. The van der Waals surface area contributed by atoms with Gasteiger partial charge in [0.25, 0.3) is 5.91 Å². The molecule has 1 aliphatic heterocycles. The predicted octanol–water partition coefficient (Wildman–Crippen LogP) is 1.99. The molecular formula is C14H15N3OS. The fraction of sp³-hybridized carbons (Fsp3) is 0.286. The van der Waals surface area contributed by atoms with E-state index in [2.05, 4.69) is 16.4 Å². The molecule has 4 nitrogen and oxygen atoms in total. The third-order valence-corrected chi connectivity index (χ3v) is 4.18. The molecule has 19 heavy (non-hydrogen) atoms. The van der Waals surface area contributed by atoms with E-state index in [0.717, 1.165) is 16.5 Å². The summed E-state index contributed by atoms with van der Waals surface area (Å²) in [6, 6.07) is 7.82. The molecule has 98 valence electrons. The number of hydrogen-bond acceptors (Lipinski definition) is 2. The molecule has 1 aromatic carbocycles. The maximum atomic E-state index is 12.2. The van der Waals surface area contributed by atoms with E-state index >= 15 is 0 Å². The summed E-state index contributed by atoms with van der Waals surface area (Å²) >= 11 is 5.13. The summed E-state index contributed by atoms with van der Waals surface area (Å²) < 4.78 is 0. The molecule has 1 amide bonds. The number of aromatic nitrogens is 1. The van der Waals surface area contributed by atoms with Gasteiger partial charge in [-0.05, 0) is 23.8 Å². The molecule has 1 fully saturated rings. The van der Waals surface area contributed by atoms with Gasteiger partial charge < -0.3 is 10.3 Å². The molecule has 0 saturated carbocycles. The number of amides is 1. The smallest absolute Gasteiger partial charge is 0.251 e. The van der Waals surface area contributed by atoms with Crippen LogP contribution in [0.25, 0.3) is 10.9 Å². The highest BCUT2D eigenvalue weighted by Gasteiger charge is 2.37. The lowest BCUT2D eigenvalue weighted by Crippen LogP contribution is -2.34. The number of H-pyrrole nitrogens is 1. The Morgan fingerprint density at radius 3 is 2.79 bits per heavy atom. The van der Waals surface area contributed by atoms with Gasteiger partial charge in [0.05, 0.1) is 0 Å². The van der Waals surface area contributed by atoms with Gasteiger partial charge in [-0.3, -0.25) is 9.69 Å².